The molecule has 1 aliphatic heterocycles. The molecule has 7 aromatic carbocycles. The summed E-state index contributed by atoms with van der Waals surface area (Å²) in [7, 11) is 0. The van der Waals surface area contributed by atoms with Crippen LogP contribution in [0.25, 0.3) is 44.7 Å². The van der Waals surface area contributed by atoms with E-state index in [-0.39, 0.29) is 22.2 Å². The molecule has 1 unspecified atom stereocenters. The molecule has 10 rings (SSSR count). The van der Waals surface area contributed by atoms with E-state index >= 15 is 0 Å². The Hall–Kier alpha value is -6.55. The number of pyridine rings is 1. The van der Waals surface area contributed by atoms with Crippen LogP contribution in [0.3, 0.4) is 0 Å². The van der Waals surface area contributed by atoms with Crippen molar-refractivity contribution in [3.63, 3.8) is 0 Å². The fourth-order valence-electron chi connectivity index (χ4n) is 10.5. The summed E-state index contributed by atoms with van der Waals surface area (Å²) in [5.74, 6) is 2.34. The van der Waals surface area contributed by atoms with E-state index in [1.807, 2.05) is 12.3 Å². The quantitative estimate of drug-likeness (QED) is 0.142. The van der Waals surface area contributed by atoms with Gasteiger partial charge in [0.05, 0.1) is 0 Å². The molecular formula is C66H66N4OPt-2. The molecule has 0 amide bonds. The zero-order chi connectivity index (χ0) is 50.9. The van der Waals surface area contributed by atoms with E-state index < -0.39 is 0 Å². The predicted octanol–water partition coefficient (Wildman–Crippen LogP) is 17.1. The van der Waals surface area contributed by atoms with Gasteiger partial charge in [-0.1, -0.05) is 80.5 Å². The number of hydrogen-bond donors (Lipinski definition) is 0. The fraction of sp³-hybridized carbons (Fsp3) is 0.273. The van der Waals surface area contributed by atoms with Crippen molar-refractivity contribution in [2.24, 2.45) is 0 Å². The molecule has 5 nitrogen and oxygen atoms in total. The number of rotatable bonds is 8. The van der Waals surface area contributed by atoms with Crippen molar-refractivity contribution in [3.05, 3.63) is 212 Å². The number of fused-ring (bicyclic) bond motifs is 2. The summed E-state index contributed by atoms with van der Waals surface area (Å²) in [6.07, 6.45) is 2.90. The predicted molar refractivity (Wildman–Crippen MR) is 295 cm³/mol. The van der Waals surface area contributed by atoms with Gasteiger partial charge < -0.3 is 0 Å². The van der Waals surface area contributed by atoms with Gasteiger partial charge >= 0.3 is 316 Å². The Labute approximate surface area is 438 Å². The van der Waals surface area contributed by atoms with Crippen LogP contribution in [0.2, 0.25) is 0 Å². The molecular weight excluding hydrogens is 1060 g/mol. The van der Waals surface area contributed by atoms with Gasteiger partial charge in [0.1, 0.15) is 0 Å². The Bertz CT molecular complexity index is 3460. The topological polar surface area (TPSA) is 35.2 Å². The number of aromatic nitrogens is 3. The second-order valence-corrected chi connectivity index (χ2v) is 23.7. The number of imidazole rings is 1. The van der Waals surface area contributed by atoms with E-state index in [1.54, 1.807) is 0 Å². The Morgan fingerprint density at radius 1 is 0.556 bits per heavy atom. The molecule has 0 N–H and O–H groups in total. The van der Waals surface area contributed by atoms with Gasteiger partial charge in [-0.15, -0.1) is 0 Å². The maximum atomic E-state index is 6.90. The van der Waals surface area contributed by atoms with E-state index in [1.165, 1.54) is 66.8 Å². The minimum atomic E-state index is -0.0281. The molecule has 0 aliphatic carbocycles. The van der Waals surface area contributed by atoms with E-state index in [0.717, 1.165) is 50.7 Å². The third kappa shape index (κ3) is 9.15. The first kappa shape index (κ1) is 49.0. The molecule has 0 spiro atoms. The van der Waals surface area contributed by atoms with Crippen LogP contribution < -0.4 is 9.64 Å². The van der Waals surface area contributed by atoms with Crippen LogP contribution in [0.4, 0.5) is 11.5 Å². The molecule has 0 radical (unpaired) electrons. The molecule has 368 valence electrons. The molecule has 0 saturated heterocycles. The second-order valence-electron chi connectivity index (χ2n) is 22.7. The van der Waals surface area contributed by atoms with Gasteiger partial charge in [0, 0.05) is 6.20 Å². The monoisotopic (exact) mass is 1130 g/mol. The van der Waals surface area contributed by atoms with E-state index in [0.29, 0.717) is 11.5 Å². The van der Waals surface area contributed by atoms with Gasteiger partial charge in [-0.25, -0.2) is 0 Å². The molecule has 0 saturated carbocycles. The van der Waals surface area contributed by atoms with Crippen LogP contribution in [-0.4, -0.2) is 20.7 Å². The molecule has 6 heteroatoms. The Morgan fingerprint density at radius 2 is 1.11 bits per heavy atom. The summed E-state index contributed by atoms with van der Waals surface area (Å²) in [6, 6.07) is 60.2. The first-order valence-electron chi connectivity index (χ1n) is 25.4. The van der Waals surface area contributed by atoms with E-state index in [4.69, 9.17) is 9.72 Å². The van der Waals surface area contributed by atoms with Gasteiger partial charge in [0.15, 0.2) is 0 Å². The SMILES string of the molecule is Cc1c(C)c(-c2ccccc2)c(-n2[c](=[Pt])n(-c3[c-]c(Oc4[c-]c5c(cc4)C(c4cc(C(C)(C)C)cc(C(C)(C)C)c4)CCN5c4cc(C(C)(C)C)ccn4)ccc3)c3ccccc32)c(-c2ccccc2)c1C. The minimum absolute atomic E-state index is 0.00593. The van der Waals surface area contributed by atoms with E-state index in [9.17, 15) is 0 Å². The van der Waals surface area contributed by atoms with Gasteiger partial charge in [-0.2, -0.15) is 0 Å². The molecule has 0 fully saturated rings. The van der Waals surface area contributed by atoms with Crippen molar-refractivity contribution >= 4 is 22.5 Å². The van der Waals surface area contributed by atoms with E-state index in [2.05, 4.69) is 268 Å². The fourth-order valence-corrected chi connectivity index (χ4v) is 11.5. The van der Waals surface area contributed by atoms with Crippen LogP contribution in [0.1, 0.15) is 119 Å². The molecule has 1 atom stereocenters. The van der Waals surface area contributed by atoms with Crippen LogP contribution in [0.5, 0.6) is 11.5 Å². The number of hydrogen-bond acceptors (Lipinski definition) is 3. The summed E-state index contributed by atoms with van der Waals surface area (Å²) in [5.41, 5.74) is 20.4. The van der Waals surface area contributed by atoms with Crippen LogP contribution in [0.15, 0.2) is 152 Å². The van der Waals surface area contributed by atoms with Crippen molar-refractivity contribution in [1.82, 2.24) is 14.1 Å². The molecule has 9 aromatic rings. The molecule has 3 heterocycles. The van der Waals surface area contributed by atoms with Crippen LogP contribution in [0, 0.1) is 36.7 Å². The van der Waals surface area contributed by atoms with Crippen LogP contribution in [-0.2, 0) is 35.6 Å². The molecule has 1 aliphatic rings. The average Bonchev–Trinajstić information content (AvgIpc) is 3.65. The zero-order valence-corrected chi connectivity index (χ0v) is 46.2. The Kier molecular flexibility index (Phi) is 12.8. The third-order valence-electron chi connectivity index (χ3n) is 14.8. The number of para-hydroxylation sites is 2. The van der Waals surface area contributed by atoms with Gasteiger partial charge in [0.25, 0.3) is 0 Å². The summed E-state index contributed by atoms with van der Waals surface area (Å²) in [4.78, 5) is 7.34. The third-order valence-corrected chi connectivity index (χ3v) is 15.8. The van der Waals surface area contributed by atoms with Crippen LogP contribution >= 0.6 is 0 Å². The van der Waals surface area contributed by atoms with Crippen molar-refractivity contribution in [3.8, 4) is 45.1 Å². The first-order valence-corrected chi connectivity index (χ1v) is 26.5. The standard InChI is InChI=1S/C66H66N4O.Pt/c1-43-44(2)61(46-22-15-13-16-23-46)63(62(45(43)3)47-24-17-14-18-25-47)70-42-69(57-28-19-20-29-58(57)70)52-26-21-27-53(40-52)71-54-30-31-56-55(48-36-50(65(7,8)9)38-51(37-48)66(10,11)12)33-35-68(59(56)41-54)60-39-49(32-34-67-60)64(4,5)6;/h13-32,34,36-39,55H,33,35H2,1-12H3;/q-2;. The summed E-state index contributed by atoms with van der Waals surface area (Å²) in [6.45, 7) is 28.3. The number of benzene rings is 7. The van der Waals surface area contributed by atoms with Gasteiger partial charge in [-0.3, -0.25) is 0 Å². The van der Waals surface area contributed by atoms with Crippen molar-refractivity contribution in [2.75, 3.05) is 11.4 Å². The molecule has 72 heavy (non-hydrogen) atoms. The number of nitrogens with zero attached hydrogens (tertiary/aromatic N) is 4. The van der Waals surface area contributed by atoms with Crippen molar-refractivity contribution < 1.29 is 24.1 Å². The number of anilines is 2. The Balaban J connectivity index is 1.11. The first-order chi connectivity index (χ1) is 34.3. The van der Waals surface area contributed by atoms with Crippen molar-refractivity contribution in [1.29, 1.82) is 0 Å². The Morgan fingerprint density at radius 3 is 1.69 bits per heavy atom. The summed E-state index contributed by atoms with van der Waals surface area (Å²) < 4.78 is 12.7. The summed E-state index contributed by atoms with van der Waals surface area (Å²) in [5, 5.41) is 0. The number of ether oxygens (including phenoxy) is 1. The maximum absolute atomic E-state index is 6.90. The van der Waals surface area contributed by atoms with Gasteiger partial charge in [0.2, 0.25) is 0 Å². The normalized spacial score (nSPS) is 14.2. The average molecular weight is 1130 g/mol. The zero-order valence-electron chi connectivity index (χ0n) is 43.9. The second kappa shape index (κ2) is 18.8. The molecule has 0 bridgehead atoms. The van der Waals surface area contributed by atoms with Crippen molar-refractivity contribution in [2.45, 2.75) is 112 Å². The van der Waals surface area contributed by atoms with Gasteiger partial charge in [-0.05, 0) is 39.0 Å². The summed E-state index contributed by atoms with van der Waals surface area (Å²) >= 11 is 2.52. The molecule has 2 aromatic heterocycles.